The normalized spacial score (nSPS) is 10.9. The molecule has 0 fully saturated rings. The third kappa shape index (κ3) is 1.99. The van der Waals surface area contributed by atoms with Crippen molar-refractivity contribution in [2.75, 3.05) is 0 Å². The van der Waals surface area contributed by atoms with Gasteiger partial charge >= 0.3 is 6.03 Å². The number of hydrogen-bond acceptors (Lipinski definition) is 4. The highest BCUT2D eigenvalue weighted by Gasteiger charge is 2.24. The Labute approximate surface area is 87.1 Å². The summed E-state index contributed by atoms with van der Waals surface area (Å²) in [7, 11) is -3.92. The number of hydrogen-bond donors (Lipinski definition) is 2. The maximum absolute atomic E-state index is 11.5. The summed E-state index contributed by atoms with van der Waals surface area (Å²) in [6.45, 7) is 0. The van der Waals surface area contributed by atoms with Crippen molar-refractivity contribution >= 4 is 28.9 Å². The van der Waals surface area contributed by atoms with Crippen LogP contribution in [0.4, 0.5) is 4.79 Å². The van der Waals surface area contributed by atoms with Crippen LogP contribution in [-0.2, 0) is 10.0 Å². The molecule has 1 aromatic carbocycles. The second-order valence-corrected chi connectivity index (χ2v) is 4.86. The van der Waals surface area contributed by atoms with Gasteiger partial charge in [-0.1, -0.05) is 18.2 Å². The Morgan fingerprint density at radius 1 is 1.29 bits per heavy atom. The Morgan fingerprint density at radius 3 is 2.21 bits per heavy atom. The number of primary amides is 1. The van der Waals surface area contributed by atoms with E-state index in [1.165, 1.54) is 24.3 Å². The van der Waals surface area contributed by atoms with Crippen LogP contribution >= 0.6 is 12.8 Å². The van der Waals surface area contributed by atoms with Gasteiger partial charge in [-0.25, -0.2) is 13.2 Å². The summed E-state index contributed by atoms with van der Waals surface area (Å²) in [6.07, 6.45) is 0. The number of rotatable bonds is 2. The van der Waals surface area contributed by atoms with Crippen LogP contribution in [-0.4, -0.2) is 18.2 Å². The summed E-state index contributed by atoms with van der Waals surface area (Å²) in [5.41, 5.74) is 4.79. The average molecular weight is 232 g/mol. The molecule has 1 rings (SSSR count). The van der Waals surface area contributed by atoms with Crippen LogP contribution in [0.25, 0.3) is 0 Å². The number of carbonyl (C=O) groups excluding carboxylic acids is 1. The van der Waals surface area contributed by atoms with Crippen LogP contribution in [0.5, 0.6) is 0 Å². The predicted molar refractivity (Wildman–Crippen MR) is 54.0 cm³/mol. The minimum Gasteiger partial charge on any atom is -0.350 e. The molecule has 14 heavy (non-hydrogen) atoms. The number of carbonyl (C=O) groups is 1. The summed E-state index contributed by atoms with van der Waals surface area (Å²) < 4.78 is 23.2. The second-order valence-electron chi connectivity index (χ2n) is 2.40. The maximum atomic E-state index is 11.5. The van der Waals surface area contributed by atoms with E-state index in [1.807, 2.05) is 0 Å². The zero-order chi connectivity index (χ0) is 10.8. The van der Waals surface area contributed by atoms with Gasteiger partial charge in [0.25, 0.3) is 10.0 Å². The van der Waals surface area contributed by atoms with Gasteiger partial charge in [0.2, 0.25) is 0 Å². The van der Waals surface area contributed by atoms with Crippen LogP contribution < -0.4 is 5.73 Å². The van der Waals surface area contributed by atoms with Gasteiger partial charge in [-0.05, 0) is 24.9 Å². The summed E-state index contributed by atoms with van der Waals surface area (Å²) >= 11 is 3.49. The van der Waals surface area contributed by atoms with E-state index in [4.69, 9.17) is 5.73 Å². The molecule has 0 spiro atoms. The molecule has 0 aliphatic heterocycles. The highest BCUT2D eigenvalue weighted by molar-refractivity contribution is 8.00. The van der Waals surface area contributed by atoms with E-state index in [0.717, 1.165) is 0 Å². The molecule has 0 saturated heterocycles. The minimum absolute atomic E-state index is 0.0335. The molecule has 76 valence electrons. The molecule has 2 amide bonds. The van der Waals surface area contributed by atoms with Gasteiger partial charge in [0.15, 0.2) is 0 Å². The molecule has 1 aromatic rings. The zero-order valence-corrected chi connectivity index (χ0v) is 8.70. The topological polar surface area (TPSA) is 80.5 Å². The first kappa shape index (κ1) is 10.9. The molecule has 0 aromatic heterocycles. The minimum atomic E-state index is -3.92. The Morgan fingerprint density at radius 2 is 1.79 bits per heavy atom. The fourth-order valence-electron chi connectivity index (χ4n) is 0.811. The molecular formula is C7H8N2O3S2. The lowest BCUT2D eigenvalue weighted by molar-refractivity contribution is 0.245. The van der Waals surface area contributed by atoms with E-state index in [0.29, 0.717) is 0 Å². The monoisotopic (exact) mass is 232 g/mol. The Kier molecular flexibility index (Phi) is 3.02. The molecule has 0 bridgehead atoms. The first-order chi connectivity index (χ1) is 6.46. The molecule has 0 radical (unpaired) electrons. The number of nitrogens with two attached hydrogens (primary N) is 1. The fraction of sp³-hybridized carbons (Fsp3) is 0. The lowest BCUT2D eigenvalue weighted by Crippen LogP contribution is -2.33. The van der Waals surface area contributed by atoms with Crippen molar-refractivity contribution in [2.24, 2.45) is 5.73 Å². The smallest absolute Gasteiger partial charge is 0.339 e. The Bertz CT molecular complexity index is 430. The van der Waals surface area contributed by atoms with E-state index in [1.54, 1.807) is 6.07 Å². The molecule has 2 N–H and O–H groups in total. The third-order valence-corrected chi connectivity index (χ3v) is 3.80. The van der Waals surface area contributed by atoms with Crippen molar-refractivity contribution in [3.05, 3.63) is 30.3 Å². The molecule has 0 aliphatic carbocycles. The fourth-order valence-corrected chi connectivity index (χ4v) is 2.03. The van der Waals surface area contributed by atoms with Crippen LogP contribution in [0, 0.1) is 0 Å². The molecule has 0 atom stereocenters. The summed E-state index contributed by atoms with van der Waals surface area (Å²) in [4.78, 5) is 10.6. The standard InChI is InChI=1S/C7H8N2O3S2/c8-7(10)9(13)14(11,12)6-4-2-1-3-5-6/h1-5,13H,(H2,8,10). The molecule has 0 heterocycles. The highest BCUT2D eigenvalue weighted by Crippen LogP contribution is 2.15. The van der Waals surface area contributed by atoms with Crippen molar-refractivity contribution in [1.29, 1.82) is 0 Å². The van der Waals surface area contributed by atoms with Crippen molar-refractivity contribution in [1.82, 2.24) is 3.71 Å². The lowest BCUT2D eigenvalue weighted by Gasteiger charge is -2.12. The number of amides is 2. The Hall–Kier alpha value is -1.21. The van der Waals surface area contributed by atoms with Crippen LogP contribution in [0.15, 0.2) is 35.2 Å². The summed E-state index contributed by atoms with van der Waals surface area (Å²) in [6, 6.07) is 6.29. The van der Waals surface area contributed by atoms with E-state index < -0.39 is 16.1 Å². The van der Waals surface area contributed by atoms with Gasteiger partial charge in [0, 0.05) is 0 Å². The first-order valence-electron chi connectivity index (χ1n) is 3.55. The van der Waals surface area contributed by atoms with Gasteiger partial charge in [-0.15, -0.1) is 0 Å². The largest absolute Gasteiger partial charge is 0.350 e. The van der Waals surface area contributed by atoms with Crippen LogP contribution in [0.2, 0.25) is 0 Å². The molecule has 0 saturated carbocycles. The molecular weight excluding hydrogens is 224 g/mol. The number of nitrogens with zero attached hydrogens (tertiary/aromatic N) is 1. The molecule has 7 heteroatoms. The van der Waals surface area contributed by atoms with E-state index in [-0.39, 0.29) is 8.61 Å². The van der Waals surface area contributed by atoms with Crippen molar-refractivity contribution in [2.45, 2.75) is 4.90 Å². The van der Waals surface area contributed by atoms with Crippen molar-refractivity contribution in [3.63, 3.8) is 0 Å². The predicted octanol–water partition coefficient (Wildman–Crippen LogP) is 0.601. The number of benzene rings is 1. The van der Waals surface area contributed by atoms with E-state index >= 15 is 0 Å². The number of thiol groups is 1. The van der Waals surface area contributed by atoms with Gasteiger partial charge in [-0.2, -0.15) is 3.71 Å². The number of urea groups is 1. The lowest BCUT2D eigenvalue weighted by atomic mass is 10.4. The second kappa shape index (κ2) is 3.89. The zero-order valence-electron chi connectivity index (χ0n) is 6.99. The molecule has 0 unspecified atom stereocenters. The van der Waals surface area contributed by atoms with Gasteiger partial charge in [0.05, 0.1) is 4.90 Å². The van der Waals surface area contributed by atoms with Crippen molar-refractivity contribution < 1.29 is 13.2 Å². The van der Waals surface area contributed by atoms with E-state index in [2.05, 4.69) is 12.8 Å². The molecule has 5 nitrogen and oxygen atoms in total. The van der Waals surface area contributed by atoms with Gasteiger partial charge in [0.1, 0.15) is 0 Å². The third-order valence-electron chi connectivity index (χ3n) is 1.46. The summed E-state index contributed by atoms with van der Waals surface area (Å²) in [5.74, 6) is 0. The SMILES string of the molecule is NC(=O)N(S)S(=O)(=O)c1ccccc1. The summed E-state index contributed by atoms with van der Waals surface area (Å²) in [5, 5.41) is 0. The maximum Gasteiger partial charge on any atom is 0.339 e. The molecule has 0 aliphatic rings. The van der Waals surface area contributed by atoms with E-state index in [9.17, 15) is 13.2 Å². The average Bonchev–Trinajstić information content (AvgIpc) is 2.18. The van der Waals surface area contributed by atoms with Crippen LogP contribution in [0.1, 0.15) is 0 Å². The Balaban J connectivity index is 3.16. The quantitative estimate of drug-likeness (QED) is 0.733. The van der Waals surface area contributed by atoms with Crippen molar-refractivity contribution in [3.8, 4) is 0 Å². The first-order valence-corrected chi connectivity index (χ1v) is 5.39. The number of sulfonamides is 1. The van der Waals surface area contributed by atoms with Gasteiger partial charge in [-0.3, -0.25) is 0 Å². The van der Waals surface area contributed by atoms with Crippen LogP contribution in [0.3, 0.4) is 0 Å². The van der Waals surface area contributed by atoms with Gasteiger partial charge < -0.3 is 5.73 Å². The highest BCUT2D eigenvalue weighted by atomic mass is 32.3.